The van der Waals surface area contributed by atoms with Crippen LogP contribution < -0.4 is 4.74 Å². The van der Waals surface area contributed by atoms with Crippen molar-refractivity contribution in [2.24, 2.45) is 0 Å². The molecule has 0 saturated carbocycles. The average Bonchev–Trinajstić information content (AvgIpc) is 3.21. The second-order valence-electron chi connectivity index (χ2n) is 8.73. The first-order valence-electron chi connectivity index (χ1n) is 11.0. The number of hydrogen-bond acceptors (Lipinski definition) is 6. The Morgan fingerprint density at radius 1 is 1.09 bits per heavy atom. The summed E-state index contributed by atoms with van der Waals surface area (Å²) in [7, 11) is -5.44. The van der Waals surface area contributed by atoms with E-state index in [4.69, 9.17) is 4.74 Å². The molecule has 0 spiro atoms. The van der Waals surface area contributed by atoms with Crippen LogP contribution in [0.15, 0.2) is 42.6 Å². The largest absolute Gasteiger partial charge is 0.496 e. The summed E-state index contributed by atoms with van der Waals surface area (Å²) in [6.45, 7) is 0.500. The van der Waals surface area contributed by atoms with E-state index in [1.807, 2.05) is 12.1 Å². The third-order valence-corrected chi connectivity index (χ3v) is 9.99. The summed E-state index contributed by atoms with van der Waals surface area (Å²) in [5, 5.41) is 0.0888. The minimum Gasteiger partial charge on any atom is -0.496 e. The summed E-state index contributed by atoms with van der Waals surface area (Å²) in [5.41, 5.74) is 3.80. The number of nitrogens with zero attached hydrogens (tertiary/aromatic N) is 3. The first-order valence-corrected chi connectivity index (χ1v) is 14.4. The number of fused-ring (bicyclic) bond motifs is 1. The molecule has 0 aliphatic carbocycles. The topological polar surface area (TPSA) is 113 Å². The number of methoxy groups -OCH3 is 1. The molecule has 4 heterocycles. The van der Waals surface area contributed by atoms with Crippen LogP contribution in [0.4, 0.5) is 4.39 Å². The molecule has 35 heavy (non-hydrogen) atoms. The number of halogens is 1. The molecule has 0 radical (unpaired) electrons. The summed E-state index contributed by atoms with van der Waals surface area (Å²) < 4.78 is 71.0. The van der Waals surface area contributed by atoms with Crippen molar-refractivity contribution in [3.63, 3.8) is 0 Å². The number of nitrogens with one attached hydrogen (secondary N) is 1. The third-order valence-electron chi connectivity index (χ3n) is 6.57. The number of aromatic amines is 1. The molecule has 1 aromatic carbocycles. The smallest absolute Gasteiger partial charge is 0.219 e. The Morgan fingerprint density at radius 3 is 2.51 bits per heavy atom. The Kier molecular flexibility index (Phi) is 5.94. The van der Waals surface area contributed by atoms with Gasteiger partial charge in [-0.3, -0.25) is 0 Å². The van der Waals surface area contributed by atoms with Crippen molar-refractivity contribution < 1.29 is 26.0 Å². The molecule has 2 aromatic heterocycles. The molecule has 3 aromatic rings. The first-order chi connectivity index (χ1) is 16.6. The number of pyridine rings is 1. The Hall–Kier alpha value is -2.80. The highest BCUT2D eigenvalue weighted by Gasteiger charge is 2.44. The number of benzene rings is 1. The van der Waals surface area contributed by atoms with E-state index in [0.29, 0.717) is 29.9 Å². The second-order valence-corrected chi connectivity index (χ2v) is 12.9. The van der Waals surface area contributed by atoms with Gasteiger partial charge in [-0.1, -0.05) is 6.08 Å². The van der Waals surface area contributed by atoms with Crippen LogP contribution in [0.2, 0.25) is 0 Å². The van der Waals surface area contributed by atoms with E-state index >= 15 is 0 Å². The van der Waals surface area contributed by atoms with E-state index in [9.17, 15) is 21.2 Å². The van der Waals surface area contributed by atoms with Crippen molar-refractivity contribution in [3.05, 3.63) is 54.1 Å². The molecule has 0 unspecified atom stereocenters. The lowest BCUT2D eigenvalue weighted by Crippen LogP contribution is -2.59. The molecule has 5 rings (SSSR count). The van der Waals surface area contributed by atoms with Crippen molar-refractivity contribution in [2.75, 3.05) is 39.5 Å². The van der Waals surface area contributed by atoms with Crippen LogP contribution in [0.1, 0.15) is 12.1 Å². The van der Waals surface area contributed by atoms with Gasteiger partial charge in [0.1, 0.15) is 22.5 Å². The third kappa shape index (κ3) is 4.35. The van der Waals surface area contributed by atoms with Crippen LogP contribution in [0.5, 0.6) is 5.75 Å². The van der Waals surface area contributed by atoms with Gasteiger partial charge in [-0.25, -0.2) is 26.2 Å². The van der Waals surface area contributed by atoms with E-state index in [-0.39, 0.29) is 25.5 Å². The van der Waals surface area contributed by atoms with Gasteiger partial charge in [0.05, 0.1) is 13.4 Å². The zero-order chi connectivity index (χ0) is 25.0. The van der Waals surface area contributed by atoms with E-state index in [2.05, 4.69) is 9.97 Å². The zero-order valence-corrected chi connectivity index (χ0v) is 20.9. The van der Waals surface area contributed by atoms with Gasteiger partial charge in [0, 0.05) is 49.0 Å². The van der Waals surface area contributed by atoms with E-state index in [1.54, 1.807) is 18.3 Å². The molecule has 1 fully saturated rings. The summed E-state index contributed by atoms with van der Waals surface area (Å²) in [6, 6.07) is 8.10. The van der Waals surface area contributed by atoms with Crippen molar-refractivity contribution in [1.82, 2.24) is 18.6 Å². The predicted octanol–water partition coefficient (Wildman–Crippen LogP) is 2.44. The van der Waals surface area contributed by atoms with E-state index < -0.39 is 25.3 Å². The summed E-state index contributed by atoms with van der Waals surface area (Å²) in [6.07, 6.45) is 5.08. The molecular formula is C23H25FN4O5S2. The Morgan fingerprint density at radius 2 is 1.86 bits per heavy atom. The minimum atomic E-state index is -3.59. The Bertz CT molecular complexity index is 1540. The maximum absolute atomic E-state index is 14.0. The van der Waals surface area contributed by atoms with Crippen LogP contribution in [-0.4, -0.2) is 80.2 Å². The molecule has 2 aliphatic heterocycles. The molecule has 1 saturated heterocycles. The zero-order valence-electron chi connectivity index (χ0n) is 19.2. The second kappa shape index (κ2) is 8.70. The van der Waals surface area contributed by atoms with E-state index in [1.165, 1.54) is 27.9 Å². The molecule has 0 bridgehead atoms. The number of H-pyrrole nitrogens is 1. The monoisotopic (exact) mass is 520 g/mol. The quantitative estimate of drug-likeness (QED) is 0.534. The highest BCUT2D eigenvalue weighted by molar-refractivity contribution is 7.90. The van der Waals surface area contributed by atoms with Gasteiger partial charge in [-0.05, 0) is 47.9 Å². The van der Waals surface area contributed by atoms with Gasteiger partial charge < -0.3 is 9.72 Å². The summed E-state index contributed by atoms with van der Waals surface area (Å²) >= 11 is 0. The van der Waals surface area contributed by atoms with Crippen LogP contribution in [0, 0.1) is 5.82 Å². The van der Waals surface area contributed by atoms with Gasteiger partial charge in [-0.2, -0.15) is 8.61 Å². The molecule has 0 amide bonds. The number of sulfonamides is 2. The normalized spacial score (nSPS) is 18.4. The van der Waals surface area contributed by atoms with Crippen LogP contribution in [0.3, 0.4) is 0 Å². The Labute approximate surface area is 203 Å². The number of aromatic nitrogens is 2. The molecular weight excluding hydrogens is 495 g/mol. The average molecular weight is 521 g/mol. The SMILES string of the molecule is COc1ccc(F)cc1-c1ccnc2[nH]c(C3=CCN(S(=O)(=O)C4CN(S(C)(=O)=O)C4)CC3)cc12. The van der Waals surface area contributed by atoms with Gasteiger partial charge in [0.15, 0.2) is 0 Å². The molecule has 1 N–H and O–H groups in total. The fraction of sp³-hybridized carbons (Fsp3) is 0.348. The fourth-order valence-corrected chi connectivity index (χ4v) is 7.40. The van der Waals surface area contributed by atoms with Crippen molar-refractivity contribution in [3.8, 4) is 16.9 Å². The molecule has 0 atom stereocenters. The maximum atomic E-state index is 14.0. The van der Waals surface area contributed by atoms with Gasteiger partial charge in [-0.15, -0.1) is 0 Å². The highest BCUT2D eigenvalue weighted by Crippen LogP contribution is 2.37. The van der Waals surface area contributed by atoms with Crippen molar-refractivity contribution in [1.29, 1.82) is 0 Å². The maximum Gasteiger partial charge on any atom is 0.219 e. The summed E-state index contributed by atoms with van der Waals surface area (Å²) in [5.74, 6) is 0.175. The van der Waals surface area contributed by atoms with Crippen LogP contribution in [-0.2, 0) is 20.0 Å². The fourth-order valence-electron chi connectivity index (χ4n) is 4.52. The lowest BCUT2D eigenvalue weighted by Gasteiger charge is -2.39. The van der Waals surface area contributed by atoms with E-state index in [0.717, 1.165) is 28.5 Å². The van der Waals surface area contributed by atoms with Gasteiger partial charge in [0.2, 0.25) is 20.0 Å². The van der Waals surface area contributed by atoms with Crippen molar-refractivity contribution in [2.45, 2.75) is 11.7 Å². The summed E-state index contributed by atoms with van der Waals surface area (Å²) in [4.78, 5) is 7.70. The van der Waals surface area contributed by atoms with Crippen LogP contribution >= 0.6 is 0 Å². The predicted molar refractivity (Wildman–Crippen MR) is 131 cm³/mol. The number of ether oxygens (including phenoxy) is 1. The minimum absolute atomic E-state index is 0.00571. The standard InChI is InChI=1S/C23H25FN4O5S2/c1-33-22-4-3-16(24)11-19(22)18-5-8-25-23-20(18)12-21(26-23)15-6-9-27(10-7-15)35(31,32)17-13-28(14-17)34(2,29)30/h3-6,8,11-12,17H,7,9-10,13-14H2,1-2H3,(H,25,26). The highest BCUT2D eigenvalue weighted by atomic mass is 32.2. The first kappa shape index (κ1) is 23.9. The lowest BCUT2D eigenvalue weighted by atomic mass is 10.0. The van der Waals surface area contributed by atoms with Crippen molar-refractivity contribution >= 4 is 36.7 Å². The van der Waals surface area contributed by atoms with Gasteiger partial charge in [0.25, 0.3) is 0 Å². The lowest BCUT2D eigenvalue weighted by molar-refractivity contribution is 0.298. The molecule has 2 aliphatic rings. The Balaban J connectivity index is 1.39. The molecule has 12 heteroatoms. The molecule has 9 nitrogen and oxygen atoms in total. The van der Waals surface area contributed by atoms with Crippen LogP contribution in [0.25, 0.3) is 27.7 Å². The number of hydrogen-bond donors (Lipinski definition) is 1. The van der Waals surface area contributed by atoms with Gasteiger partial charge >= 0.3 is 0 Å². The molecule has 186 valence electrons. The number of rotatable bonds is 6.